The van der Waals surface area contributed by atoms with E-state index in [1.54, 1.807) is 12.3 Å². The van der Waals surface area contributed by atoms with E-state index in [4.69, 9.17) is 4.74 Å². The standard InChI is InChI=1S/C17H21N5O4S/c1-13(23)20-14-2-4-15(5-3-14)27(24,25)19-12-16-18-7-6-17(21-16)22-8-10-26-11-9-22/h2-7,19H,8-12H2,1H3,(H,20,23). The molecule has 10 heteroatoms. The largest absolute Gasteiger partial charge is 0.378 e. The third-order valence-corrected chi connectivity index (χ3v) is 5.35. The lowest BCUT2D eigenvalue weighted by molar-refractivity contribution is -0.114. The molecule has 1 fully saturated rings. The summed E-state index contributed by atoms with van der Waals surface area (Å²) >= 11 is 0. The Morgan fingerprint density at radius 3 is 2.56 bits per heavy atom. The van der Waals surface area contributed by atoms with Gasteiger partial charge in [-0.25, -0.2) is 23.1 Å². The van der Waals surface area contributed by atoms with Gasteiger partial charge in [-0.05, 0) is 30.3 Å². The van der Waals surface area contributed by atoms with Crippen molar-refractivity contribution in [2.45, 2.75) is 18.4 Å². The van der Waals surface area contributed by atoms with Gasteiger partial charge in [0.15, 0.2) is 0 Å². The first kappa shape index (κ1) is 19.2. The van der Waals surface area contributed by atoms with Crippen molar-refractivity contribution >= 4 is 27.4 Å². The van der Waals surface area contributed by atoms with Gasteiger partial charge in [0.1, 0.15) is 11.6 Å². The topological polar surface area (TPSA) is 114 Å². The predicted molar refractivity (Wildman–Crippen MR) is 99.8 cm³/mol. The van der Waals surface area contributed by atoms with Crippen molar-refractivity contribution in [3.63, 3.8) is 0 Å². The van der Waals surface area contributed by atoms with Gasteiger partial charge in [0, 0.05) is 31.9 Å². The number of amides is 1. The van der Waals surface area contributed by atoms with Gasteiger partial charge in [-0.15, -0.1) is 0 Å². The first-order valence-electron chi connectivity index (χ1n) is 8.46. The van der Waals surface area contributed by atoms with E-state index in [1.165, 1.54) is 31.2 Å². The van der Waals surface area contributed by atoms with E-state index in [1.807, 2.05) is 0 Å². The first-order chi connectivity index (χ1) is 12.9. The Labute approximate surface area is 157 Å². The molecule has 1 aliphatic heterocycles. The molecule has 0 radical (unpaired) electrons. The van der Waals surface area contributed by atoms with Crippen LogP contribution in [0.25, 0.3) is 0 Å². The molecule has 2 heterocycles. The van der Waals surface area contributed by atoms with Gasteiger partial charge in [0.05, 0.1) is 24.7 Å². The van der Waals surface area contributed by atoms with Crippen LogP contribution in [0, 0.1) is 0 Å². The maximum Gasteiger partial charge on any atom is 0.240 e. The summed E-state index contributed by atoms with van der Waals surface area (Å²) in [6, 6.07) is 7.72. The molecule has 1 saturated heterocycles. The van der Waals surface area contributed by atoms with Crippen LogP contribution < -0.4 is 14.9 Å². The fraction of sp³-hybridized carbons (Fsp3) is 0.353. The molecule has 9 nitrogen and oxygen atoms in total. The molecule has 0 aliphatic carbocycles. The number of carbonyl (C=O) groups is 1. The van der Waals surface area contributed by atoms with Gasteiger partial charge in [0.2, 0.25) is 15.9 Å². The second kappa shape index (κ2) is 8.42. The van der Waals surface area contributed by atoms with Gasteiger partial charge < -0.3 is 15.0 Å². The molecule has 1 aliphatic rings. The number of hydrogen-bond acceptors (Lipinski definition) is 7. The molecule has 0 saturated carbocycles. The molecule has 0 spiro atoms. The van der Waals surface area contributed by atoms with Crippen LogP contribution in [0.15, 0.2) is 41.4 Å². The number of benzene rings is 1. The second-order valence-corrected chi connectivity index (χ2v) is 7.73. The third-order valence-electron chi connectivity index (χ3n) is 3.93. The lowest BCUT2D eigenvalue weighted by Gasteiger charge is -2.27. The molecular weight excluding hydrogens is 370 g/mol. The number of sulfonamides is 1. The minimum Gasteiger partial charge on any atom is -0.378 e. The molecule has 0 atom stereocenters. The Morgan fingerprint density at radius 2 is 1.89 bits per heavy atom. The van der Waals surface area contributed by atoms with Crippen LogP contribution >= 0.6 is 0 Å². The van der Waals surface area contributed by atoms with Gasteiger partial charge in [0.25, 0.3) is 0 Å². The summed E-state index contributed by atoms with van der Waals surface area (Å²) < 4.78 is 32.7. The number of carbonyl (C=O) groups excluding carboxylic acids is 1. The zero-order valence-electron chi connectivity index (χ0n) is 14.9. The second-order valence-electron chi connectivity index (χ2n) is 5.96. The first-order valence-corrected chi connectivity index (χ1v) is 9.94. The van der Waals surface area contributed by atoms with Crippen molar-refractivity contribution < 1.29 is 17.9 Å². The summed E-state index contributed by atoms with van der Waals surface area (Å²) in [5, 5.41) is 2.59. The number of ether oxygens (including phenoxy) is 1. The molecule has 27 heavy (non-hydrogen) atoms. The fourth-order valence-corrected chi connectivity index (χ4v) is 3.59. The highest BCUT2D eigenvalue weighted by Crippen LogP contribution is 2.15. The van der Waals surface area contributed by atoms with Crippen LogP contribution in [0.5, 0.6) is 0 Å². The number of anilines is 2. The number of hydrogen-bond donors (Lipinski definition) is 2. The van der Waals surface area contributed by atoms with E-state index >= 15 is 0 Å². The maximum absolute atomic E-state index is 12.4. The molecule has 144 valence electrons. The van der Waals surface area contributed by atoms with Crippen molar-refractivity contribution in [3.8, 4) is 0 Å². The highest BCUT2D eigenvalue weighted by molar-refractivity contribution is 7.89. The number of rotatable bonds is 6. The zero-order valence-corrected chi connectivity index (χ0v) is 15.7. The molecule has 2 aromatic rings. The van der Waals surface area contributed by atoms with E-state index in [9.17, 15) is 13.2 Å². The van der Waals surface area contributed by atoms with Crippen LogP contribution in [0.1, 0.15) is 12.7 Å². The van der Waals surface area contributed by atoms with Crippen molar-refractivity contribution in [1.82, 2.24) is 14.7 Å². The molecule has 1 aromatic heterocycles. The third kappa shape index (κ3) is 5.22. The highest BCUT2D eigenvalue weighted by Gasteiger charge is 2.16. The van der Waals surface area contributed by atoms with Crippen molar-refractivity contribution in [3.05, 3.63) is 42.4 Å². The number of nitrogens with zero attached hydrogens (tertiary/aromatic N) is 3. The van der Waals surface area contributed by atoms with Gasteiger partial charge in [-0.1, -0.05) is 0 Å². The predicted octanol–water partition coefficient (Wildman–Crippen LogP) is 0.750. The average Bonchev–Trinajstić information content (AvgIpc) is 2.67. The Balaban J connectivity index is 1.65. The monoisotopic (exact) mass is 391 g/mol. The van der Waals surface area contributed by atoms with Crippen LogP contribution in [-0.2, 0) is 26.1 Å². The molecular formula is C17H21N5O4S. The Kier molecular flexibility index (Phi) is 5.99. The molecule has 1 aromatic carbocycles. The van der Waals surface area contributed by atoms with Gasteiger partial charge in [-0.3, -0.25) is 4.79 Å². The van der Waals surface area contributed by atoms with Crippen molar-refractivity contribution in [2.24, 2.45) is 0 Å². The minimum atomic E-state index is -3.72. The van der Waals surface area contributed by atoms with Crippen LogP contribution in [0.3, 0.4) is 0 Å². The molecule has 0 bridgehead atoms. The zero-order chi connectivity index (χ0) is 19.3. The minimum absolute atomic E-state index is 0.0199. The maximum atomic E-state index is 12.4. The molecule has 0 unspecified atom stereocenters. The van der Waals surface area contributed by atoms with E-state index in [2.05, 4.69) is 24.9 Å². The molecule has 1 amide bonds. The summed E-state index contributed by atoms with van der Waals surface area (Å²) in [6.45, 7) is 4.12. The number of aromatic nitrogens is 2. The van der Waals surface area contributed by atoms with Gasteiger partial charge >= 0.3 is 0 Å². The SMILES string of the molecule is CC(=O)Nc1ccc(S(=O)(=O)NCc2nccc(N3CCOCC3)n2)cc1. The van der Waals surface area contributed by atoms with Crippen LogP contribution in [0.2, 0.25) is 0 Å². The molecule has 3 rings (SSSR count). The number of morpholine rings is 1. The Morgan fingerprint density at radius 1 is 1.19 bits per heavy atom. The quantitative estimate of drug-likeness (QED) is 0.747. The summed E-state index contributed by atoms with van der Waals surface area (Å²) in [5.74, 6) is 0.917. The fourth-order valence-electron chi connectivity index (χ4n) is 2.61. The summed E-state index contributed by atoms with van der Waals surface area (Å²) in [4.78, 5) is 21.8. The van der Waals surface area contributed by atoms with Crippen molar-refractivity contribution in [2.75, 3.05) is 36.5 Å². The lowest BCUT2D eigenvalue weighted by Crippen LogP contribution is -2.37. The van der Waals surface area contributed by atoms with Gasteiger partial charge in [-0.2, -0.15) is 0 Å². The van der Waals surface area contributed by atoms with E-state index in [0.717, 1.165) is 18.9 Å². The smallest absolute Gasteiger partial charge is 0.240 e. The van der Waals surface area contributed by atoms with Crippen LogP contribution in [0.4, 0.5) is 11.5 Å². The summed E-state index contributed by atoms with van der Waals surface area (Å²) in [6.07, 6.45) is 1.61. The van der Waals surface area contributed by atoms with E-state index < -0.39 is 10.0 Å². The number of nitrogens with one attached hydrogen (secondary N) is 2. The molecule has 2 N–H and O–H groups in total. The van der Waals surface area contributed by atoms with Crippen LogP contribution in [-0.4, -0.2) is 50.6 Å². The summed E-state index contributed by atoms with van der Waals surface area (Å²) in [7, 11) is -3.72. The van der Waals surface area contributed by atoms with E-state index in [-0.39, 0.29) is 17.3 Å². The average molecular weight is 391 g/mol. The van der Waals surface area contributed by atoms with Crippen molar-refractivity contribution in [1.29, 1.82) is 0 Å². The van der Waals surface area contributed by atoms with E-state index in [0.29, 0.717) is 24.7 Å². The highest BCUT2D eigenvalue weighted by atomic mass is 32.2. The normalized spacial score (nSPS) is 14.8. The Bertz CT molecular complexity index is 896. The Hall–Kier alpha value is -2.56. The lowest BCUT2D eigenvalue weighted by atomic mass is 10.3. The summed E-state index contributed by atoms with van der Waals surface area (Å²) in [5.41, 5.74) is 0.531.